The fraction of sp³-hybridized carbons (Fsp3) is 0.667. The minimum Gasteiger partial charge on any atom is -0.351 e. The Hall–Kier alpha value is -1.57. The number of alkyl halides is 3. The number of carbonyl (C=O) groups excluding carboxylic acids is 2. The molecule has 1 aliphatic rings. The summed E-state index contributed by atoms with van der Waals surface area (Å²) in [7, 11) is 0. The maximum atomic E-state index is 13.1. The number of unbranched alkanes of at least 4 members (excludes halogenated alkanes) is 1. The largest absolute Gasteiger partial charge is 0.471 e. The first-order chi connectivity index (χ1) is 12.3. The third-order valence-electron chi connectivity index (χ3n) is 4.58. The second-order valence-corrected chi connectivity index (χ2v) is 7.59. The predicted molar refractivity (Wildman–Crippen MR) is 94.8 cm³/mol. The fourth-order valence-corrected chi connectivity index (χ4v) is 4.07. The number of nitrogens with one attached hydrogen (secondary N) is 1. The van der Waals surface area contributed by atoms with Gasteiger partial charge in [-0.1, -0.05) is 38.7 Å². The van der Waals surface area contributed by atoms with E-state index in [0.29, 0.717) is 22.6 Å². The van der Waals surface area contributed by atoms with Crippen molar-refractivity contribution in [3.8, 4) is 0 Å². The average molecular weight is 390 g/mol. The molecule has 0 radical (unpaired) electrons. The van der Waals surface area contributed by atoms with Gasteiger partial charge in [0.15, 0.2) is 0 Å². The van der Waals surface area contributed by atoms with Crippen molar-refractivity contribution in [1.82, 2.24) is 10.2 Å². The molecule has 1 unspecified atom stereocenters. The first kappa shape index (κ1) is 20.7. The third kappa shape index (κ3) is 5.46. The van der Waals surface area contributed by atoms with Gasteiger partial charge < -0.3 is 10.2 Å². The highest BCUT2D eigenvalue weighted by molar-refractivity contribution is 7.10. The molecule has 0 spiro atoms. The van der Waals surface area contributed by atoms with Crippen molar-refractivity contribution in [3.63, 3.8) is 0 Å². The highest BCUT2D eigenvalue weighted by atomic mass is 32.1. The van der Waals surface area contributed by atoms with Crippen LogP contribution in [0.25, 0.3) is 0 Å². The smallest absolute Gasteiger partial charge is 0.351 e. The Labute approximate surface area is 155 Å². The maximum absolute atomic E-state index is 13.1. The fourth-order valence-electron chi connectivity index (χ4n) is 3.24. The van der Waals surface area contributed by atoms with Crippen molar-refractivity contribution in [3.05, 3.63) is 22.4 Å². The Morgan fingerprint density at radius 1 is 1.31 bits per heavy atom. The summed E-state index contributed by atoms with van der Waals surface area (Å²) in [6.07, 6.45) is 0.773. The van der Waals surface area contributed by atoms with Gasteiger partial charge in [-0.25, -0.2) is 0 Å². The Morgan fingerprint density at radius 3 is 2.54 bits per heavy atom. The monoisotopic (exact) mass is 390 g/mol. The van der Waals surface area contributed by atoms with Crippen molar-refractivity contribution in [2.24, 2.45) is 0 Å². The summed E-state index contributed by atoms with van der Waals surface area (Å²) < 4.78 is 39.4. The minimum atomic E-state index is -5.01. The summed E-state index contributed by atoms with van der Waals surface area (Å²) in [5.74, 6) is -2.48. The molecule has 0 saturated heterocycles. The number of hydrogen-bond donors (Lipinski definition) is 1. The van der Waals surface area contributed by atoms with Crippen LogP contribution in [0.2, 0.25) is 0 Å². The zero-order valence-electron chi connectivity index (χ0n) is 14.8. The molecule has 2 amide bonds. The standard InChI is InChI=1S/C18H25F3N2O2S/c1-2-3-11-23(17(25)18(19,20)21)15(14-10-7-12-26-14)16(24)22-13-8-5-4-6-9-13/h7,10,12-13,15H,2-6,8-9,11H2,1H3,(H,22,24). The molecule has 1 heterocycles. The molecule has 1 N–H and O–H groups in total. The number of rotatable bonds is 7. The molecule has 1 aromatic heterocycles. The molecule has 0 aromatic carbocycles. The Morgan fingerprint density at radius 2 is 2.00 bits per heavy atom. The van der Waals surface area contributed by atoms with E-state index in [-0.39, 0.29) is 12.6 Å². The lowest BCUT2D eigenvalue weighted by Crippen LogP contribution is -2.50. The molecule has 2 rings (SSSR count). The van der Waals surface area contributed by atoms with Gasteiger partial charge in [-0.15, -0.1) is 11.3 Å². The normalized spacial score (nSPS) is 16.9. The highest BCUT2D eigenvalue weighted by Crippen LogP contribution is 2.31. The number of amides is 2. The molecule has 0 aliphatic heterocycles. The Bertz CT molecular complexity index is 584. The molecular formula is C18H25F3N2O2S. The van der Waals surface area contributed by atoms with E-state index in [1.54, 1.807) is 17.5 Å². The summed E-state index contributed by atoms with van der Waals surface area (Å²) in [6, 6.07) is 2.01. The van der Waals surface area contributed by atoms with E-state index in [4.69, 9.17) is 0 Å². The number of hydrogen-bond acceptors (Lipinski definition) is 3. The van der Waals surface area contributed by atoms with E-state index in [0.717, 1.165) is 32.1 Å². The van der Waals surface area contributed by atoms with Gasteiger partial charge in [0.2, 0.25) is 5.91 Å². The molecule has 1 aliphatic carbocycles. The Kier molecular flexibility index (Phi) is 7.49. The second-order valence-electron chi connectivity index (χ2n) is 6.61. The van der Waals surface area contributed by atoms with Crippen LogP contribution in [-0.4, -0.2) is 35.5 Å². The number of halogens is 3. The van der Waals surface area contributed by atoms with Gasteiger partial charge in [0.05, 0.1) is 0 Å². The highest BCUT2D eigenvalue weighted by Gasteiger charge is 2.46. The molecule has 146 valence electrons. The summed E-state index contributed by atoms with van der Waals surface area (Å²) >= 11 is 1.19. The maximum Gasteiger partial charge on any atom is 0.471 e. The van der Waals surface area contributed by atoms with Crippen LogP contribution in [0.1, 0.15) is 62.8 Å². The SMILES string of the molecule is CCCCN(C(=O)C(F)(F)F)C(C(=O)NC1CCCCC1)c1cccs1. The summed E-state index contributed by atoms with van der Waals surface area (Å²) in [5.41, 5.74) is 0. The van der Waals surface area contributed by atoms with Gasteiger partial charge in [-0.3, -0.25) is 9.59 Å². The molecular weight excluding hydrogens is 365 g/mol. The molecule has 8 heteroatoms. The number of carbonyl (C=O) groups is 2. The summed E-state index contributed by atoms with van der Waals surface area (Å²) in [6.45, 7) is 1.73. The molecule has 1 atom stereocenters. The molecule has 26 heavy (non-hydrogen) atoms. The first-order valence-corrected chi connectivity index (χ1v) is 9.94. The Balaban J connectivity index is 2.27. The summed E-state index contributed by atoms with van der Waals surface area (Å²) in [5, 5.41) is 4.58. The molecule has 1 saturated carbocycles. The predicted octanol–water partition coefficient (Wildman–Crippen LogP) is 4.43. The average Bonchev–Trinajstić information content (AvgIpc) is 3.11. The van der Waals surface area contributed by atoms with Gasteiger partial charge in [-0.2, -0.15) is 13.2 Å². The van der Waals surface area contributed by atoms with Crippen molar-refractivity contribution < 1.29 is 22.8 Å². The van der Waals surface area contributed by atoms with Crippen LogP contribution in [0.3, 0.4) is 0 Å². The topological polar surface area (TPSA) is 49.4 Å². The second kappa shape index (κ2) is 9.39. The zero-order valence-corrected chi connectivity index (χ0v) is 15.7. The van der Waals surface area contributed by atoms with Crippen LogP contribution in [0.5, 0.6) is 0 Å². The quantitative estimate of drug-likeness (QED) is 0.749. The van der Waals surface area contributed by atoms with Crippen molar-refractivity contribution in [2.45, 2.75) is 70.1 Å². The van der Waals surface area contributed by atoms with E-state index >= 15 is 0 Å². The van der Waals surface area contributed by atoms with Crippen molar-refractivity contribution in [2.75, 3.05) is 6.54 Å². The van der Waals surface area contributed by atoms with Crippen LogP contribution in [0.15, 0.2) is 17.5 Å². The van der Waals surface area contributed by atoms with Crippen molar-refractivity contribution >= 4 is 23.2 Å². The number of nitrogens with zero attached hydrogens (tertiary/aromatic N) is 1. The molecule has 1 aromatic rings. The van der Waals surface area contributed by atoms with E-state index in [1.165, 1.54) is 11.3 Å². The summed E-state index contributed by atoms with van der Waals surface area (Å²) in [4.78, 5) is 26.0. The first-order valence-electron chi connectivity index (χ1n) is 9.06. The van der Waals surface area contributed by atoms with Gasteiger partial charge in [0, 0.05) is 17.5 Å². The van der Waals surface area contributed by atoms with Gasteiger partial charge >= 0.3 is 12.1 Å². The van der Waals surface area contributed by atoms with E-state index in [1.807, 2.05) is 6.92 Å². The van der Waals surface area contributed by atoms with E-state index in [2.05, 4.69) is 5.32 Å². The third-order valence-corrected chi connectivity index (χ3v) is 5.50. The molecule has 1 fully saturated rings. The molecule has 0 bridgehead atoms. The van der Waals surface area contributed by atoms with E-state index in [9.17, 15) is 22.8 Å². The van der Waals surface area contributed by atoms with Crippen LogP contribution in [0.4, 0.5) is 13.2 Å². The molecule has 4 nitrogen and oxygen atoms in total. The van der Waals surface area contributed by atoms with E-state index < -0.39 is 24.0 Å². The van der Waals surface area contributed by atoms with Gasteiger partial charge in [0.1, 0.15) is 6.04 Å². The van der Waals surface area contributed by atoms with Crippen LogP contribution in [0, 0.1) is 0 Å². The van der Waals surface area contributed by atoms with Crippen LogP contribution in [-0.2, 0) is 9.59 Å². The zero-order chi connectivity index (χ0) is 19.2. The lowest BCUT2D eigenvalue weighted by Gasteiger charge is -2.33. The van der Waals surface area contributed by atoms with Crippen LogP contribution < -0.4 is 5.32 Å². The lowest BCUT2D eigenvalue weighted by atomic mass is 9.95. The van der Waals surface area contributed by atoms with Gasteiger partial charge in [-0.05, 0) is 30.7 Å². The number of thiophene rings is 1. The van der Waals surface area contributed by atoms with Gasteiger partial charge in [0.25, 0.3) is 0 Å². The minimum absolute atomic E-state index is 0.0345. The lowest BCUT2D eigenvalue weighted by molar-refractivity contribution is -0.188. The van der Waals surface area contributed by atoms with Crippen LogP contribution >= 0.6 is 11.3 Å². The van der Waals surface area contributed by atoms with Crippen molar-refractivity contribution in [1.29, 1.82) is 0 Å².